The summed E-state index contributed by atoms with van der Waals surface area (Å²) in [5.74, 6) is -7.97. The molecule has 0 amide bonds. The van der Waals surface area contributed by atoms with E-state index in [9.17, 15) is 43.9 Å². The zero-order valence-electron chi connectivity index (χ0n) is 8.12. The lowest BCUT2D eigenvalue weighted by Gasteiger charge is -2.29. The van der Waals surface area contributed by atoms with Gasteiger partial charge in [0.2, 0.25) is 0 Å². The Hall–Kier alpha value is -1.43. The fraction of sp³-hybridized carbons (Fsp3) is 0.833. The Labute approximate surface area is 96.3 Å². The third-order valence-corrected chi connectivity index (χ3v) is 1.76. The maximum atomic E-state index is 12.5. The molecule has 0 bridgehead atoms. The molecule has 0 N–H and O–H groups in total. The van der Waals surface area contributed by atoms with Crippen LogP contribution < -0.4 is 0 Å². The second-order valence-corrected chi connectivity index (χ2v) is 3.14. The largest absolute Gasteiger partial charge is 0.480 e. The summed E-state index contributed by atoms with van der Waals surface area (Å²) in [5, 5.41) is 1.75. The Morgan fingerprint density at radius 3 is 1.58 bits per heavy atom. The third-order valence-electron chi connectivity index (χ3n) is 1.76. The number of alkyl halides is 10. The van der Waals surface area contributed by atoms with E-state index < -0.39 is 36.4 Å². The highest BCUT2D eigenvalue weighted by Gasteiger charge is 2.80. The van der Waals surface area contributed by atoms with Crippen LogP contribution in [0.3, 0.4) is 0 Å². The molecule has 1 aliphatic heterocycles. The predicted octanol–water partition coefficient (Wildman–Crippen LogP) is 3.07. The first kappa shape index (κ1) is 15.6. The van der Waals surface area contributed by atoms with Crippen LogP contribution in [0.2, 0.25) is 0 Å². The molecular weight excluding hydrogens is 308 g/mol. The van der Waals surface area contributed by atoms with Crippen molar-refractivity contribution in [2.45, 2.75) is 30.5 Å². The van der Waals surface area contributed by atoms with Gasteiger partial charge in [-0.3, -0.25) is 0 Å². The van der Waals surface area contributed by atoms with Gasteiger partial charge in [0.15, 0.2) is 0 Å². The summed E-state index contributed by atoms with van der Waals surface area (Å²) in [7, 11) is 0. The van der Waals surface area contributed by atoms with Crippen LogP contribution in [0, 0.1) is 0 Å². The van der Waals surface area contributed by atoms with E-state index in [1.54, 1.807) is 5.16 Å². The van der Waals surface area contributed by atoms with E-state index in [2.05, 4.69) is 9.57 Å². The van der Waals surface area contributed by atoms with Crippen molar-refractivity contribution >= 4 is 5.90 Å². The summed E-state index contributed by atoms with van der Waals surface area (Å²) >= 11 is 0. The van der Waals surface area contributed by atoms with E-state index in [-0.39, 0.29) is 0 Å². The number of ether oxygens (including phenoxy) is 1. The summed E-state index contributed by atoms with van der Waals surface area (Å²) in [6.45, 7) is 0. The molecule has 1 atom stereocenters. The van der Waals surface area contributed by atoms with E-state index in [0.29, 0.717) is 0 Å². The molecule has 112 valence electrons. The molecule has 0 aliphatic carbocycles. The molecule has 1 aliphatic rings. The summed E-state index contributed by atoms with van der Waals surface area (Å²) < 4.78 is 124. The van der Waals surface area contributed by atoms with Crippen molar-refractivity contribution in [2.75, 3.05) is 0 Å². The first-order valence-corrected chi connectivity index (χ1v) is 4.01. The molecule has 0 saturated carbocycles. The highest BCUT2D eigenvalue weighted by atomic mass is 19.4. The summed E-state index contributed by atoms with van der Waals surface area (Å²) in [4.78, 5) is 2.87. The zero-order valence-corrected chi connectivity index (χ0v) is 8.12. The second-order valence-electron chi connectivity index (χ2n) is 3.14. The molecule has 0 aromatic heterocycles. The van der Waals surface area contributed by atoms with Gasteiger partial charge in [-0.15, -0.1) is 0 Å². The van der Waals surface area contributed by atoms with Gasteiger partial charge in [0.25, 0.3) is 12.1 Å². The lowest BCUT2D eigenvalue weighted by Crippen LogP contribution is -2.59. The molecule has 0 aromatic carbocycles. The van der Waals surface area contributed by atoms with Crippen LogP contribution in [0.5, 0.6) is 0 Å². The lowest BCUT2D eigenvalue weighted by molar-refractivity contribution is -0.440. The van der Waals surface area contributed by atoms with Crippen molar-refractivity contribution in [3.05, 3.63) is 0 Å². The van der Waals surface area contributed by atoms with Gasteiger partial charge < -0.3 is 9.57 Å². The Morgan fingerprint density at radius 1 is 0.895 bits per heavy atom. The molecule has 0 aromatic rings. The SMILES string of the molecule is FC(C1=NOC(C(F)(F)F)(C(F)(F)F)O1)C(F)(F)F. The third kappa shape index (κ3) is 2.49. The van der Waals surface area contributed by atoms with Crippen molar-refractivity contribution in [3.8, 4) is 0 Å². The maximum Gasteiger partial charge on any atom is 0.480 e. The standard InChI is InChI=1S/C6HF10NO2/c7-1(3(8,9)10)2-17-19-4(18-2,5(11,12)13)6(14,15)16/h1H. The smallest absolute Gasteiger partial charge is 0.417 e. The average Bonchev–Trinajstić information content (AvgIpc) is 2.58. The molecule has 1 unspecified atom stereocenters. The first-order valence-electron chi connectivity index (χ1n) is 4.01. The fourth-order valence-electron chi connectivity index (χ4n) is 0.912. The Balaban J connectivity index is 3.08. The van der Waals surface area contributed by atoms with Crippen LogP contribution in [0.25, 0.3) is 0 Å². The van der Waals surface area contributed by atoms with Crippen molar-refractivity contribution in [2.24, 2.45) is 5.16 Å². The van der Waals surface area contributed by atoms with Gasteiger partial charge in [-0.1, -0.05) is 0 Å². The normalized spacial score (nSPS) is 21.5. The van der Waals surface area contributed by atoms with Gasteiger partial charge in [-0.25, -0.2) is 4.39 Å². The number of oxime groups is 1. The number of nitrogens with zero attached hydrogens (tertiary/aromatic N) is 1. The lowest BCUT2D eigenvalue weighted by atomic mass is 10.2. The maximum absolute atomic E-state index is 12.5. The molecule has 19 heavy (non-hydrogen) atoms. The number of hydrogen-bond donors (Lipinski definition) is 0. The monoisotopic (exact) mass is 309 g/mol. The van der Waals surface area contributed by atoms with E-state index in [4.69, 9.17) is 0 Å². The number of rotatable bonds is 1. The zero-order chi connectivity index (χ0) is 15.3. The van der Waals surface area contributed by atoms with Crippen LogP contribution in [-0.4, -0.2) is 36.4 Å². The quantitative estimate of drug-likeness (QED) is 0.697. The van der Waals surface area contributed by atoms with Crippen molar-refractivity contribution in [1.29, 1.82) is 0 Å². The molecule has 0 spiro atoms. The Bertz CT molecular complexity index is 365. The molecular formula is C6HF10NO2. The van der Waals surface area contributed by atoms with Crippen LogP contribution in [0.1, 0.15) is 0 Å². The van der Waals surface area contributed by atoms with Crippen LogP contribution >= 0.6 is 0 Å². The predicted molar refractivity (Wildman–Crippen MR) is 35.4 cm³/mol. The summed E-state index contributed by atoms with van der Waals surface area (Å²) in [6.07, 6.45) is -22.7. The summed E-state index contributed by atoms with van der Waals surface area (Å²) in [6, 6.07) is 0. The minimum absolute atomic E-state index is 1.75. The Kier molecular flexibility index (Phi) is 3.31. The molecule has 3 nitrogen and oxygen atoms in total. The van der Waals surface area contributed by atoms with Gasteiger partial charge in [-0.2, -0.15) is 39.5 Å². The van der Waals surface area contributed by atoms with E-state index in [1.165, 1.54) is 0 Å². The van der Waals surface area contributed by atoms with Gasteiger partial charge in [0, 0.05) is 0 Å². The van der Waals surface area contributed by atoms with E-state index in [0.717, 1.165) is 0 Å². The number of hydrogen-bond acceptors (Lipinski definition) is 3. The summed E-state index contributed by atoms with van der Waals surface area (Å²) in [5.41, 5.74) is 0. The highest BCUT2D eigenvalue weighted by molar-refractivity contribution is 5.82. The Morgan fingerprint density at radius 2 is 1.32 bits per heavy atom. The van der Waals surface area contributed by atoms with Gasteiger partial charge >= 0.3 is 24.3 Å². The number of halogens is 10. The molecule has 0 fully saturated rings. The van der Waals surface area contributed by atoms with Gasteiger partial charge in [0.1, 0.15) is 0 Å². The molecule has 0 saturated heterocycles. The van der Waals surface area contributed by atoms with E-state index >= 15 is 0 Å². The minimum atomic E-state index is -6.32. The van der Waals surface area contributed by atoms with E-state index in [1.807, 2.05) is 0 Å². The van der Waals surface area contributed by atoms with Gasteiger partial charge in [0.05, 0.1) is 0 Å². The van der Waals surface area contributed by atoms with Crippen LogP contribution in [0.15, 0.2) is 5.16 Å². The fourth-order valence-corrected chi connectivity index (χ4v) is 0.912. The van der Waals surface area contributed by atoms with Crippen LogP contribution in [0.4, 0.5) is 43.9 Å². The molecule has 1 rings (SSSR count). The van der Waals surface area contributed by atoms with Crippen molar-refractivity contribution in [3.63, 3.8) is 0 Å². The second kappa shape index (κ2) is 4.03. The van der Waals surface area contributed by atoms with Crippen molar-refractivity contribution in [1.82, 2.24) is 0 Å². The molecule has 13 heteroatoms. The molecule has 1 heterocycles. The average molecular weight is 309 g/mol. The highest BCUT2D eigenvalue weighted by Crippen LogP contribution is 2.49. The van der Waals surface area contributed by atoms with Crippen molar-refractivity contribution < 1.29 is 53.5 Å². The van der Waals surface area contributed by atoms with Crippen LogP contribution in [-0.2, 0) is 9.57 Å². The minimum Gasteiger partial charge on any atom is -0.417 e. The first-order chi connectivity index (χ1) is 8.22. The van der Waals surface area contributed by atoms with Gasteiger partial charge in [-0.05, 0) is 5.16 Å². The topological polar surface area (TPSA) is 30.8 Å². The molecule has 0 radical (unpaired) electrons.